The van der Waals surface area contributed by atoms with Gasteiger partial charge in [-0.2, -0.15) is 5.10 Å². The molecule has 0 radical (unpaired) electrons. The summed E-state index contributed by atoms with van der Waals surface area (Å²) in [5.74, 6) is 0. The van der Waals surface area contributed by atoms with E-state index in [0.29, 0.717) is 10.8 Å². The molecule has 0 amide bonds. The average Bonchev–Trinajstić information content (AvgIpc) is 2.83. The molecule has 1 aliphatic carbocycles. The fourth-order valence-corrected chi connectivity index (χ4v) is 2.35. The molecule has 2 atom stereocenters. The van der Waals surface area contributed by atoms with Crippen LogP contribution in [0, 0.1) is 0 Å². The second-order valence-corrected chi connectivity index (χ2v) is 4.50. The van der Waals surface area contributed by atoms with Crippen LogP contribution in [0.1, 0.15) is 25.3 Å². The van der Waals surface area contributed by atoms with E-state index in [4.69, 9.17) is 11.6 Å². The minimum Gasteiger partial charge on any atom is -0.393 e. The number of hydrogen-bond donors (Lipinski definition) is 1. The highest BCUT2D eigenvalue weighted by atomic mass is 35.5. The molecular formula is C10H11ClN4O. The van der Waals surface area contributed by atoms with E-state index in [9.17, 15) is 5.11 Å². The standard InChI is InChI=1S/C10H11ClN4O/c11-9-5-12-8-4-13-15(10(8)14-9)6-1-2-7(16)3-6/h4-7,16H,1-3H2. The molecule has 0 saturated heterocycles. The first-order valence-corrected chi connectivity index (χ1v) is 5.65. The molecular weight excluding hydrogens is 228 g/mol. The summed E-state index contributed by atoms with van der Waals surface area (Å²) in [6.07, 6.45) is 5.44. The number of aliphatic hydroxyl groups excluding tert-OH is 1. The number of aliphatic hydroxyl groups is 1. The zero-order valence-electron chi connectivity index (χ0n) is 8.54. The highest BCUT2D eigenvalue weighted by molar-refractivity contribution is 6.29. The zero-order chi connectivity index (χ0) is 11.1. The van der Waals surface area contributed by atoms with Gasteiger partial charge in [0.2, 0.25) is 0 Å². The van der Waals surface area contributed by atoms with Crippen LogP contribution in [0.25, 0.3) is 11.2 Å². The van der Waals surface area contributed by atoms with Crippen LogP contribution < -0.4 is 0 Å². The van der Waals surface area contributed by atoms with Gasteiger partial charge in [0.25, 0.3) is 0 Å². The first kappa shape index (κ1) is 9.99. The Morgan fingerprint density at radius 2 is 2.25 bits per heavy atom. The Kier molecular flexibility index (Phi) is 2.29. The maximum Gasteiger partial charge on any atom is 0.178 e. The molecule has 0 aromatic carbocycles. The topological polar surface area (TPSA) is 63.8 Å². The summed E-state index contributed by atoms with van der Waals surface area (Å²) in [5, 5.41) is 14.2. The Morgan fingerprint density at radius 3 is 3.00 bits per heavy atom. The van der Waals surface area contributed by atoms with E-state index < -0.39 is 0 Å². The SMILES string of the molecule is OC1CCC(n2ncc3ncc(Cl)nc32)C1. The molecule has 0 aliphatic heterocycles. The van der Waals surface area contributed by atoms with E-state index in [1.54, 1.807) is 6.20 Å². The maximum atomic E-state index is 9.52. The Labute approximate surface area is 97.1 Å². The first-order chi connectivity index (χ1) is 7.74. The number of aromatic nitrogens is 4. The van der Waals surface area contributed by atoms with Crippen molar-refractivity contribution in [2.45, 2.75) is 31.4 Å². The van der Waals surface area contributed by atoms with Gasteiger partial charge in [0.05, 0.1) is 24.5 Å². The molecule has 2 aromatic rings. The zero-order valence-corrected chi connectivity index (χ0v) is 9.30. The van der Waals surface area contributed by atoms with Crippen molar-refractivity contribution in [1.29, 1.82) is 0 Å². The van der Waals surface area contributed by atoms with Gasteiger partial charge in [-0.25, -0.2) is 14.6 Å². The molecule has 2 heterocycles. The molecule has 5 nitrogen and oxygen atoms in total. The third-order valence-electron chi connectivity index (χ3n) is 3.00. The van der Waals surface area contributed by atoms with Gasteiger partial charge in [0.15, 0.2) is 5.65 Å². The molecule has 2 aromatic heterocycles. The third-order valence-corrected chi connectivity index (χ3v) is 3.18. The number of nitrogens with zero attached hydrogens (tertiary/aromatic N) is 4. The van der Waals surface area contributed by atoms with E-state index in [1.807, 2.05) is 4.68 Å². The molecule has 16 heavy (non-hydrogen) atoms. The highest BCUT2D eigenvalue weighted by Crippen LogP contribution is 2.31. The lowest BCUT2D eigenvalue weighted by Crippen LogP contribution is -2.09. The van der Waals surface area contributed by atoms with Gasteiger partial charge in [-0.05, 0) is 19.3 Å². The Balaban J connectivity index is 2.06. The summed E-state index contributed by atoms with van der Waals surface area (Å²) < 4.78 is 1.82. The molecule has 1 aliphatic rings. The Bertz CT molecular complexity index is 527. The molecule has 0 spiro atoms. The molecule has 84 valence electrons. The van der Waals surface area contributed by atoms with Crippen LogP contribution in [-0.4, -0.2) is 31.0 Å². The highest BCUT2D eigenvalue weighted by Gasteiger charge is 2.26. The van der Waals surface area contributed by atoms with E-state index in [2.05, 4.69) is 15.1 Å². The van der Waals surface area contributed by atoms with Crippen LogP contribution in [-0.2, 0) is 0 Å². The summed E-state index contributed by atoms with van der Waals surface area (Å²) >= 11 is 5.82. The van der Waals surface area contributed by atoms with Crippen LogP contribution in [0.3, 0.4) is 0 Å². The van der Waals surface area contributed by atoms with Crippen molar-refractivity contribution in [3.05, 3.63) is 17.5 Å². The van der Waals surface area contributed by atoms with Crippen LogP contribution >= 0.6 is 11.6 Å². The van der Waals surface area contributed by atoms with Gasteiger partial charge in [-0.3, -0.25) is 0 Å². The number of rotatable bonds is 1. The molecule has 2 unspecified atom stereocenters. The van der Waals surface area contributed by atoms with Crippen molar-refractivity contribution < 1.29 is 5.11 Å². The van der Waals surface area contributed by atoms with Crippen molar-refractivity contribution in [3.8, 4) is 0 Å². The molecule has 1 fully saturated rings. The largest absolute Gasteiger partial charge is 0.393 e. The van der Waals surface area contributed by atoms with Gasteiger partial charge >= 0.3 is 0 Å². The lowest BCUT2D eigenvalue weighted by molar-refractivity contribution is 0.177. The molecule has 1 saturated carbocycles. The number of halogens is 1. The molecule has 6 heteroatoms. The van der Waals surface area contributed by atoms with E-state index in [-0.39, 0.29) is 12.1 Å². The minimum absolute atomic E-state index is 0.209. The van der Waals surface area contributed by atoms with Crippen LogP contribution in [0.4, 0.5) is 0 Å². The summed E-state index contributed by atoms with van der Waals surface area (Å²) in [5.41, 5.74) is 1.44. The van der Waals surface area contributed by atoms with Gasteiger partial charge in [0, 0.05) is 0 Å². The normalized spacial score (nSPS) is 25.4. The third kappa shape index (κ3) is 1.56. The lowest BCUT2D eigenvalue weighted by Gasteiger charge is -2.10. The second kappa shape index (κ2) is 3.68. The monoisotopic (exact) mass is 238 g/mol. The summed E-state index contributed by atoms with van der Waals surface area (Å²) in [4.78, 5) is 8.38. The van der Waals surface area contributed by atoms with E-state index >= 15 is 0 Å². The maximum absolute atomic E-state index is 9.52. The lowest BCUT2D eigenvalue weighted by atomic mass is 10.2. The fourth-order valence-electron chi connectivity index (χ4n) is 2.22. The predicted molar refractivity (Wildman–Crippen MR) is 59.2 cm³/mol. The van der Waals surface area contributed by atoms with Gasteiger partial charge in [-0.1, -0.05) is 11.6 Å². The van der Waals surface area contributed by atoms with Crippen molar-refractivity contribution in [3.63, 3.8) is 0 Å². The molecule has 3 rings (SSSR count). The van der Waals surface area contributed by atoms with Gasteiger partial charge in [-0.15, -0.1) is 0 Å². The summed E-state index contributed by atoms with van der Waals surface area (Å²) in [7, 11) is 0. The average molecular weight is 239 g/mol. The van der Waals surface area contributed by atoms with Crippen molar-refractivity contribution in [2.75, 3.05) is 0 Å². The summed E-state index contributed by atoms with van der Waals surface area (Å²) in [6, 6.07) is 0.209. The summed E-state index contributed by atoms with van der Waals surface area (Å²) in [6.45, 7) is 0. The van der Waals surface area contributed by atoms with Crippen LogP contribution in [0.2, 0.25) is 5.15 Å². The molecule has 0 bridgehead atoms. The Hall–Kier alpha value is -1.20. The number of hydrogen-bond acceptors (Lipinski definition) is 4. The quantitative estimate of drug-likeness (QED) is 0.819. The Morgan fingerprint density at radius 1 is 1.38 bits per heavy atom. The smallest absolute Gasteiger partial charge is 0.178 e. The van der Waals surface area contributed by atoms with Gasteiger partial charge in [0.1, 0.15) is 10.7 Å². The molecule has 1 N–H and O–H groups in total. The van der Waals surface area contributed by atoms with Crippen molar-refractivity contribution in [2.24, 2.45) is 0 Å². The van der Waals surface area contributed by atoms with E-state index in [0.717, 1.165) is 24.8 Å². The van der Waals surface area contributed by atoms with Crippen molar-refractivity contribution in [1.82, 2.24) is 19.7 Å². The van der Waals surface area contributed by atoms with Crippen LogP contribution in [0.15, 0.2) is 12.4 Å². The van der Waals surface area contributed by atoms with E-state index in [1.165, 1.54) is 6.20 Å². The second-order valence-electron chi connectivity index (χ2n) is 4.11. The minimum atomic E-state index is -0.226. The van der Waals surface area contributed by atoms with Gasteiger partial charge < -0.3 is 5.11 Å². The van der Waals surface area contributed by atoms with Crippen LogP contribution in [0.5, 0.6) is 0 Å². The van der Waals surface area contributed by atoms with Crippen molar-refractivity contribution >= 4 is 22.8 Å². The first-order valence-electron chi connectivity index (χ1n) is 5.28. The fraction of sp³-hybridized carbons (Fsp3) is 0.500. The number of fused-ring (bicyclic) bond motifs is 1. The predicted octanol–water partition coefficient (Wildman–Crippen LogP) is 1.57.